The van der Waals surface area contributed by atoms with Crippen molar-refractivity contribution in [2.24, 2.45) is 0 Å². The second kappa shape index (κ2) is 5.08. The maximum absolute atomic E-state index is 12.5. The van der Waals surface area contributed by atoms with Crippen molar-refractivity contribution in [3.8, 4) is 0 Å². The molecule has 0 N–H and O–H groups in total. The monoisotopic (exact) mass is 310 g/mol. The molecule has 0 aromatic heterocycles. The molecule has 0 spiro atoms. The molecule has 17 heavy (non-hydrogen) atoms. The van der Waals surface area contributed by atoms with Gasteiger partial charge in [0, 0.05) is 4.83 Å². The maximum atomic E-state index is 12.5. The third-order valence-electron chi connectivity index (χ3n) is 2.21. The topological polar surface area (TPSA) is 26.3 Å². The Kier molecular flexibility index (Phi) is 4.19. The van der Waals surface area contributed by atoms with E-state index >= 15 is 0 Å². The number of ether oxygens (including phenoxy) is 1. The van der Waals surface area contributed by atoms with Gasteiger partial charge in [-0.05, 0) is 24.6 Å². The standard InChI is InChI=1S/C11H10BrF3O2/c1-6(12)8-4-3-7(11(13,14)15)5-9(8)10(16)17-2/h3-6H,1-2H3. The van der Waals surface area contributed by atoms with E-state index in [0.717, 1.165) is 19.2 Å². The van der Waals surface area contributed by atoms with Crippen LogP contribution in [0.4, 0.5) is 13.2 Å². The summed E-state index contributed by atoms with van der Waals surface area (Å²) in [7, 11) is 1.13. The molecular formula is C11H10BrF3O2. The van der Waals surface area contributed by atoms with E-state index in [1.165, 1.54) is 6.07 Å². The van der Waals surface area contributed by atoms with Crippen LogP contribution in [-0.2, 0) is 10.9 Å². The lowest BCUT2D eigenvalue weighted by atomic mass is 10.0. The maximum Gasteiger partial charge on any atom is 0.416 e. The minimum atomic E-state index is -4.48. The highest BCUT2D eigenvalue weighted by molar-refractivity contribution is 9.09. The molecule has 0 saturated carbocycles. The molecule has 0 heterocycles. The Morgan fingerprint density at radius 3 is 2.41 bits per heavy atom. The largest absolute Gasteiger partial charge is 0.465 e. The normalized spacial score (nSPS) is 13.3. The molecular weight excluding hydrogens is 301 g/mol. The van der Waals surface area contributed by atoms with Crippen LogP contribution in [0.15, 0.2) is 18.2 Å². The molecule has 0 aliphatic heterocycles. The zero-order chi connectivity index (χ0) is 13.2. The lowest BCUT2D eigenvalue weighted by Crippen LogP contribution is -2.11. The van der Waals surface area contributed by atoms with Gasteiger partial charge in [0.15, 0.2) is 0 Å². The van der Waals surface area contributed by atoms with Crippen molar-refractivity contribution < 1.29 is 22.7 Å². The zero-order valence-electron chi connectivity index (χ0n) is 9.14. The van der Waals surface area contributed by atoms with E-state index in [4.69, 9.17) is 0 Å². The molecule has 1 rings (SSSR count). The fourth-order valence-electron chi connectivity index (χ4n) is 1.37. The van der Waals surface area contributed by atoms with Crippen molar-refractivity contribution in [1.29, 1.82) is 0 Å². The van der Waals surface area contributed by atoms with Gasteiger partial charge in [0.05, 0.1) is 18.2 Å². The quantitative estimate of drug-likeness (QED) is 0.611. The molecule has 1 atom stereocenters. The van der Waals surface area contributed by atoms with Crippen LogP contribution in [0.2, 0.25) is 0 Å². The van der Waals surface area contributed by atoms with Gasteiger partial charge in [-0.15, -0.1) is 0 Å². The van der Waals surface area contributed by atoms with Crippen molar-refractivity contribution in [3.63, 3.8) is 0 Å². The predicted molar refractivity (Wildman–Crippen MR) is 60.1 cm³/mol. The van der Waals surface area contributed by atoms with E-state index in [1.807, 2.05) is 0 Å². The molecule has 0 bridgehead atoms. The van der Waals surface area contributed by atoms with Crippen molar-refractivity contribution in [2.45, 2.75) is 17.9 Å². The molecule has 0 amide bonds. The molecule has 0 radical (unpaired) electrons. The third kappa shape index (κ3) is 3.21. The number of benzene rings is 1. The van der Waals surface area contributed by atoms with E-state index < -0.39 is 17.7 Å². The van der Waals surface area contributed by atoms with Crippen LogP contribution in [0.3, 0.4) is 0 Å². The van der Waals surface area contributed by atoms with Crippen LogP contribution < -0.4 is 0 Å². The number of carbonyl (C=O) groups is 1. The highest BCUT2D eigenvalue weighted by atomic mass is 79.9. The number of rotatable bonds is 2. The summed E-state index contributed by atoms with van der Waals surface area (Å²) in [6.07, 6.45) is -4.48. The summed E-state index contributed by atoms with van der Waals surface area (Å²) in [4.78, 5) is 11.2. The van der Waals surface area contributed by atoms with Gasteiger partial charge in [-0.3, -0.25) is 0 Å². The van der Waals surface area contributed by atoms with Gasteiger partial charge in [0.1, 0.15) is 0 Å². The second-order valence-corrected chi connectivity index (χ2v) is 4.78. The van der Waals surface area contributed by atoms with E-state index in [1.54, 1.807) is 6.92 Å². The number of hydrogen-bond acceptors (Lipinski definition) is 2. The van der Waals surface area contributed by atoms with Gasteiger partial charge in [0.25, 0.3) is 0 Å². The van der Waals surface area contributed by atoms with Crippen molar-refractivity contribution in [2.75, 3.05) is 7.11 Å². The minimum absolute atomic E-state index is 0.0771. The highest BCUT2D eigenvalue weighted by Gasteiger charge is 2.32. The molecule has 1 unspecified atom stereocenters. The predicted octanol–water partition coefficient (Wildman–Crippen LogP) is 3.95. The lowest BCUT2D eigenvalue weighted by Gasteiger charge is -2.13. The first-order valence-electron chi connectivity index (χ1n) is 4.71. The highest BCUT2D eigenvalue weighted by Crippen LogP contribution is 2.33. The number of halogens is 4. The van der Waals surface area contributed by atoms with Crippen LogP contribution in [-0.4, -0.2) is 13.1 Å². The number of carbonyl (C=O) groups excluding carboxylic acids is 1. The first-order chi connectivity index (χ1) is 7.77. The number of methoxy groups -OCH3 is 1. The average Bonchev–Trinajstić information content (AvgIpc) is 2.25. The second-order valence-electron chi connectivity index (χ2n) is 3.41. The van der Waals surface area contributed by atoms with E-state index in [9.17, 15) is 18.0 Å². The average molecular weight is 311 g/mol. The molecule has 1 aromatic rings. The summed E-state index contributed by atoms with van der Waals surface area (Å²) in [5.41, 5.74) is -0.480. The Balaban J connectivity index is 3.34. The van der Waals surface area contributed by atoms with Crippen LogP contribution in [0, 0.1) is 0 Å². The van der Waals surface area contributed by atoms with Crippen LogP contribution in [0.5, 0.6) is 0 Å². The summed E-state index contributed by atoms with van der Waals surface area (Å²) in [5, 5.41) is 0. The van der Waals surface area contributed by atoms with Crippen molar-refractivity contribution in [3.05, 3.63) is 34.9 Å². The molecule has 0 aliphatic rings. The van der Waals surface area contributed by atoms with Gasteiger partial charge < -0.3 is 4.74 Å². The molecule has 94 valence electrons. The van der Waals surface area contributed by atoms with Gasteiger partial charge in [0.2, 0.25) is 0 Å². The smallest absolute Gasteiger partial charge is 0.416 e. The minimum Gasteiger partial charge on any atom is -0.465 e. The lowest BCUT2D eigenvalue weighted by molar-refractivity contribution is -0.137. The Labute approximate surface area is 105 Å². The summed E-state index contributed by atoms with van der Waals surface area (Å²) in [6.45, 7) is 1.72. The van der Waals surface area contributed by atoms with Crippen LogP contribution >= 0.6 is 15.9 Å². The van der Waals surface area contributed by atoms with Crippen LogP contribution in [0.1, 0.15) is 33.2 Å². The molecule has 1 aromatic carbocycles. The summed E-state index contributed by atoms with van der Waals surface area (Å²) in [6, 6.07) is 3.02. The fourth-order valence-corrected chi connectivity index (χ4v) is 1.77. The van der Waals surface area contributed by atoms with Crippen molar-refractivity contribution in [1.82, 2.24) is 0 Å². The Morgan fingerprint density at radius 2 is 2.00 bits per heavy atom. The van der Waals surface area contributed by atoms with Gasteiger partial charge in [-0.25, -0.2) is 4.79 Å². The van der Waals surface area contributed by atoms with E-state index in [2.05, 4.69) is 20.7 Å². The first-order valence-corrected chi connectivity index (χ1v) is 5.62. The number of hydrogen-bond donors (Lipinski definition) is 0. The molecule has 2 nitrogen and oxygen atoms in total. The van der Waals surface area contributed by atoms with Crippen LogP contribution in [0.25, 0.3) is 0 Å². The fraction of sp³-hybridized carbons (Fsp3) is 0.364. The molecule has 0 aliphatic carbocycles. The first kappa shape index (κ1) is 14.0. The zero-order valence-corrected chi connectivity index (χ0v) is 10.7. The summed E-state index contributed by atoms with van der Waals surface area (Å²) >= 11 is 3.22. The molecule has 0 fully saturated rings. The van der Waals surface area contributed by atoms with Gasteiger partial charge in [-0.1, -0.05) is 22.0 Å². The third-order valence-corrected chi connectivity index (χ3v) is 2.71. The summed E-state index contributed by atoms with van der Waals surface area (Å²) in [5.74, 6) is -0.780. The Morgan fingerprint density at radius 1 is 1.41 bits per heavy atom. The molecule has 6 heteroatoms. The summed E-state index contributed by atoms with van der Waals surface area (Å²) < 4.78 is 42.0. The van der Waals surface area contributed by atoms with Gasteiger partial charge >= 0.3 is 12.1 Å². The number of esters is 1. The Bertz CT molecular complexity index is 427. The van der Waals surface area contributed by atoms with Gasteiger partial charge in [-0.2, -0.15) is 13.2 Å². The number of alkyl halides is 4. The SMILES string of the molecule is COC(=O)c1cc(C(F)(F)F)ccc1C(C)Br. The van der Waals surface area contributed by atoms with E-state index in [-0.39, 0.29) is 10.4 Å². The van der Waals surface area contributed by atoms with Crippen molar-refractivity contribution >= 4 is 21.9 Å². The molecule has 0 saturated heterocycles. The van der Waals surface area contributed by atoms with E-state index in [0.29, 0.717) is 5.56 Å². The Hall–Kier alpha value is -1.04.